The van der Waals surface area contributed by atoms with Gasteiger partial charge >= 0.3 is 71.2 Å². The van der Waals surface area contributed by atoms with E-state index in [2.05, 4.69) is 9.47 Å². The third-order valence-corrected chi connectivity index (χ3v) is 2.45. The molecule has 0 aromatic carbocycles. The summed E-state index contributed by atoms with van der Waals surface area (Å²) >= 11 is 0. The van der Waals surface area contributed by atoms with Gasteiger partial charge in [-0.2, -0.15) is 0 Å². The molecule has 0 aromatic heterocycles. The fourth-order valence-electron chi connectivity index (χ4n) is 1.10. The van der Waals surface area contributed by atoms with Gasteiger partial charge in [-0.05, 0) is 21.4 Å². The third kappa shape index (κ3) is 13.9. The summed E-state index contributed by atoms with van der Waals surface area (Å²) < 4.78 is 19.8. The summed E-state index contributed by atoms with van der Waals surface area (Å²) in [5.41, 5.74) is 0. The SMILES string of the molecule is CCOC(=O)CCN(CP(=O)([O-])[O-])C(=O)OCC.[Na+].[Na+]. The molecule has 0 radical (unpaired) electrons. The average molecular weight is 327 g/mol. The molecule has 0 spiro atoms. The van der Waals surface area contributed by atoms with Crippen molar-refractivity contribution in [1.82, 2.24) is 4.90 Å². The summed E-state index contributed by atoms with van der Waals surface area (Å²) in [6, 6.07) is 0. The molecule has 0 bridgehead atoms. The van der Waals surface area contributed by atoms with E-state index in [0.717, 1.165) is 0 Å². The summed E-state index contributed by atoms with van der Waals surface area (Å²) in [5.74, 6) is -0.585. The van der Waals surface area contributed by atoms with E-state index in [1.54, 1.807) is 6.92 Å². The van der Waals surface area contributed by atoms with Crippen LogP contribution in [0.4, 0.5) is 4.79 Å². The van der Waals surface area contributed by atoms with Crippen LogP contribution in [-0.4, -0.2) is 43.0 Å². The Hall–Kier alpha value is 0.890. The molecule has 0 aliphatic carbocycles. The maximum Gasteiger partial charge on any atom is 1.00 e. The second kappa shape index (κ2) is 13.5. The molecule has 11 heteroatoms. The average Bonchev–Trinajstić information content (AvgIpc) is 2.23. The minimum Gasteiger partial charge on any atom is -0.810 e. The molecule has 0 fully saturated rings. The fourth-order valence-corrected chi connectivity index (χ4v) is 1.78. The summed E-state index contributed by atoms with van der Waals surface area (Å²) in [4.78, 5) is 44.3. The third-order valence-electron chi connectivity index (χ3n) is 1.76. The van der Waals surface area contributed by atoms with Crippen LogP contribution in [0.25, 0.3) is 0 Å². The Kier molecular flexibility index (Phi) is 17.5. The summed E-state index contributed by atoms with van der Waals surface area (Å²) in [6.07, 6.45) is -2.16. The monoisotopic (exact) mass is 327 g/mol. The molecule has 0 aromatic rings. The minimum absolute atomic E-state index is 0. The largest absolute Gasteiger partial charge is 1.00 e. The zero-order chi connectivity index (χ0) is 14.2. The summed E-state index contributed by atoms with van der Waals surface area (Å²) in [6.45, 7) is 3.13. The van der Waals surface area contributed by atoms with Crippen LogP contribution in [0.5, 0.6) is 0 Å². The van der Waals surface area contributed by atoms with Crippen LogP contribution in [-0.2, 0) is 18.8 Å². The molecule has 1 amide bonds. The molecular weight excluding hydrogens is 311 g/mol. The van der Waals surface area contributed by atoms with Crippen molar-refractivity contribution < 1.29 is 92.5 Å². The van der Waals surface area contributed by atoms with Crippen molar-refractivity contribution in [3.63, 3.8) is 0 Å². The molecule has 0 saturated carbocycles. The number of hydrogen-bond acceptors (Lipinski definition) is 7. The number of rotatable bonds is 7. The van der Waals surface area contributed by atoms with Crippen LogP contribution >= 0.6 is 7.60 Å². The molecule has 8 nitrogen and oxygen atoms in total. The van der Waals surface area contributed by atoms with E-state index in [4.69, 9.17) is 0 Å². The first-order chi connectivity index (χ1) is 8.30. The minimum atomic E-state index is -4.90. The first-order valence-corrected chi connectivity index (χ1v) is 7.11. The smallest absolute Gasteiger partial charge is 0.810 e. The van der Waals surface area contributed by atoms with Gasteiger partial charge < -0.3 is 28.7 Å². The fraction of sp³-hybridized carbons (Fsp3) is 0.778. The van der Waals surface area contributed by atoms with Crippen molar-refractivity contribution in [2.45, 2.75) is 20.3 Å². The van der Waals surface area contributed by atoms with Gasteiger partial charge in [0, 0.05) is 6.54 Å². The van der Waals surface area contributed by atoms with Gasteiger partial charge in [0.25, 0.3) is 0 Å². The van der Waals surface area contributed by atoms with Crippen LogP contribution in [0, 0.1) is 0 Å². The Morgan fingerprint density at radius 3 is 2.00 bits per heavy atom. The van der Waals surface area contributed by atoms with Crippen molar-refractivity contribution in [3.8, 4) is 0 Å². The standard InChI is InChI=1S/C9H18NO7P.2Na/c1-3-16-8(11)5-6-10(7-18(13,14)15)9(12)17-4-2;;/h3-7H2,1-2H3,(H2,13,14,15);;/q;2*+1/p-2. The predicted octanol–water partition coefficient (Wildman–Crippen LogP) is -6.72. The number of amides is 1. The van der Waals surface area contributed by atoms with Crippen LogP contribution < -0.4 is 68.9 Å². The van der Waals surface area contributed by atoms with Crippen molar-refractivity contribution in [2.24, 2.45) is 0 Å². The molecule has 0 saturated heterocycles. The molecule has 106 valence electrons. The molecule has 0 N–H and O–H groups in total. The first kappa shape index (κ1) is 25.8. The Balaban J connectivity index is -0.00000144. The number of ether oxygens (including phenoxy) is 2. The summed E-state index contributed by atoms with van der Waals surface area (Å²) in [5, 5.41) is 0. The molecule has 20 heavy (non-hydrogen) atoms. The van der Waals surface area contributed by atoms with Gasteiger partial charge in [0.15, 0.2) is 0 Å². The van der Waals surface area contributed by atoms with Crippen molar-refractivity contribution in [1.29, 1.82) is 0 Å². The van der Waals surface area contributed by atoms with Crippen LogP contribution in [0.1, 0.15) is 20.3 Å². The second-order valence-electron chi connectivity index (χ2n) is 3.27. The van der Waals surface area contributed by atoms with Crippen molar-refractivity contribution in [3.05, 3.63) is 0 Å². The topological polar surface area (TPSA) is 119 Å². The van der Waals surface area contributed by atoms with E-state index in [1.165, 1.54) is 6.92 Å². The Morgan fingerprint density at radius 1 is 1.10 bits per heavy atom. The van der Waals surface area contributed by atoms with E-state index < -0.39 is 25.9 Å². The van der Waals surface area contributed by atoms with E-state index in [1.807, 2.05) is 0 Å². The maximum absolute atomic E-state index is 11.3. The molecule has 0 unspecified atom stereocenters. The van der Waals surface area contributed by atoms with Gasteiger partial charge in [-0.15, -0.1) is 0 Å². The quantitative estimate of drug-likeness (QED) is 0.259. The first-order valence-electron chi connectivity index (χ1n) is 5.38. The van der Waals surface area contributed by atoms with E-state index in [9.17, 15) is 23.9 Å². The zero-order valence-corrected chi connectivity index (χ0v) is 17.2. The van der Waals surface area contributed by atoms with E-state index in [0.29, 0.717) is 4.90 Å². The van der Waals surface area contributed by atoms with E-state index >= 15 is 0 Å². The number of carbonyl (C=O) groups excluding carboxylic acids is 2. The van der Waals surface area contributed by atoms with Crippen LogP contribution in [0.2, 0.25) is 0 Å². The van der Waals surface area contributed by atoms with Gasteiger partial charge in [-0.3, -0.25) is 4.79 Å². The maximum atomic E-state index is 11.3. The van der Waals surface area contributed by atoms with E-state index in [-0.39, 0.29) is 85.3 Å². The van der Waals surface area contributed by atoms with Crippen LogP contribution in [0.3, 0.4) is 0 Å². The molecule has 0 atom stereocenters. The Labute approximate surface area is 162 Å². The molecule has 0 aliphatic rings. The molecule has 0 heterocycles. The van der Waals surface area contributed by atoms with Gasteiger partial charge in [-0.25, -0.2) is 4.79 Å². The van der Waals surface area contributed by atoms with Gasteiger partial charge in [0.1, 0.15) is 0 Å². The zero-order valence-electron chi connectivity index (χ0n) is 12.3. The number of hydrogen-bond donors (Lipinski definition) is 0. The Bertz CT molecular complexity index is 336. The van der Waals surface area contributed by atoms with Crippen molar-refractivity contribution >= 4 is 19.7 Å². The summed E-state index contributed by atoms with van der Waals surface area (Å²) in [7, 11) is -4.90. The van der Waals surface area contributed by atoms with Gasteiger partial charge in [0.2, 0.25) is 0 Å². The number of carbonyl (C=O) groups is 2. The predicted molar refractivity (Wildman–Crippen MR) is 57.5 cm³/mol. The van der Waals surface area contributed by atoms with Crippen LogP contribution in [0.15, 0.2) is 0 Å². The Morgan fingerprint density at radius 2 is 1.60 bits per heavy atom. The van der Waals surface area contributed by atoms with Gasteiger partial charge in [-0.1, -0.05) is 0 Å². The molecule has 0 aliphatic heterocycles. The van der Waals surface area contributed by atoms with Gasteiger partial charge in [0.05, 0.1) is 25.9 Å². The second-order valence-corrected chi connectivity index (χ2v) is 4.77. The number of nitrogens with zero attached hydrogens (tertiary/aromatic N) is 1. The molecular formula is C9H16NNa2O7P. The normalized spacial score (nSPS) is 9.80. The molecule has 0 rings (SSSR count). The van der Waals surface area contributed by atoms with Crippen molar-refractivity contribution in [2.75, 3.05) is 26.0 Å². The number of esters is 1.